The Hall–Kier alpha value is -1.67. The van der Waals surface area contributed by atoms with Crippen LogP contribution in [-0.2, 0) is 14.8 Å². The van der Waals surface area contributed by atoms with Crippen molar-refractivity contribution in [1.82, 2.24) is 4.31 Å². The lowest BCUT2D eigenvalue weighted by molar-refractivity contribution is -0.114. The van der Waals surface area contributed by atoms with E-state index in [1.165, 1.54) is 6.08 Å². The fourth-order valence-corrected chi connectivity index (χ4v) is 3.72. The van der Waals surface area contributed by atoms with Crippen molar-refractivity contribution in [1.29, 1.82) is 0 Å². The van der Waals surface area contributed by atoms with Gasteiger partial charge in [0.05, 0.1) is 16.7 Å². The number of nitrogens with two attached hydrogens (primary N) is 2. The highest BCUT2D eigenvalue weighted by molar-refractivity contribution is 7.89. The molecule has 8 heteroatoms. The van der Waals surface area contributed by atoms with Crippen LogP contribution in [0, 0.1) is 0 Å². The molecule has 1 amide bonds. The summed E-state index contributed by atoms with van der Waals surface area (Å²) in [5.74, 6) is -0.542. The van der Waals surface area contributed by atoms with Gasteiger partial charge in [0, 0.05) is 5.57 Å². The highest BCUT2D eigenvalue weighted by Crippen LogP contribution is 2.30. The van der Waals surface area contributed by atoms with Crippen LogP contribution < -0.4 is 11.5 Å². The molecule has 0 saturated carbocycles. The van der Waals surface area contributed by atoms with Crippen LogP contribution in [-0.4, -0.2) is 35.9 Å². The van der Waals surface area contributed by atoms with Gasteiger partial charge in [-0.3, -0.25) is 10.5 Å². The zero-order chi connectivity index (χ0) is 15.1. The second-order valence-electron chi connectivity index (χ2n) is 4.81. The summed E-state index contributed by atoms with van der Waals surface area (Å²) in [6.45, 7) is 3.43. The number of aliphatic imine (C=N–C) groups is 1. The predicted molar refractivity (Wildman–Crippen MR) is 75.9 cm³/mol. The number of hydrogen-bond acceptors (Lipinski definition) is 5. The van der Waals surface area contributed by atoms with E-state index in [4.69, 9.17) is 11.5 Å². The van der Waals surface area contributed by atoms with E-state index in [1.54, 1.807) is 19.9 Å². The number of primary amides is 1. The summed E-state index contributed by atoms with van der Waals surface area (Å²) < 4.78 is 26.1. The van der Waals surface area contributed by atoms with Crippen LogP contribution in [0.25, 0.3) is 0 Å². The van der Waals surface area contributed by atoms with Gasteiger partial charge >= 0.3 is 0 Å². The Morgan fingerprint density at radius 1 is 1.60 bits per heavy atom. The summed E-state index contributed by atoms with van der Waals surface area (Å²) in [7, 11) is -3.57. The zero-order valence-electron chi connectivity index (χ0n) is 11.4. The fraction of sp³-hybridized carbons (Fsp3) is 0.500. The summed E-state index contributed by atoms with van der Waals surface area (Å²) in [4.78, 5) is 15.3. The third-order valence-electron chi connectivity index (χ3n) is 3.51. The number of carbonyl (C=O) groups excluding carboxylic acids is 1. The molecule has 2 aliphatic rings. The zero-order valence-corrected chi connectivity index (χ0v) is 12.2. The Bertz CT molecular complexity index is 633. The van der Waals surface area contributed by atoms with E-state index in [2.05, 4.69) is 4.99 Å². The lowest BCUT2D eigenvalue weighted by Gasteiger charge is -2.27. The molecular weight excluding hydrogens is 280 g/mol. The molecule has 0 saturated heterocycles. The molecule has 2 atom stereocenters. The summed E-state index contributed by atoms with van der Waals surface area (Å²) >= 11 is 0. The van der Waals surface area contributed by atoms with Gasteiger partial charge in [0.1, 0.15) is 0 Å². The SMILES string of the molecule is CCC(C)S(=O)(=O)N1C2=CCC(C(N)=O)=CC2=NC1N. The van der Waals surface area contributed by atoms with E-state index < -0.39 is 27.5 Å². The lowest BCUT2D eigenvalue weighted by atomic mass is 10.0. The van der Waals surface area contributed by atoms with Gasteiger partial charge in [0.25, 0.3) is 0 Å². The second kappa shape index (κ2) is 5.02. The molecule has 2 rings (SSSR count). The van der Waals surface area contributed by atoms with Gasteiger partial charge in [-0.1, -0.05) is 13.0 Å². The molecule has 7 nitrogen and oxygen atoms in total. The summed E-state index contributed by atoms with van der Waals surface area (Å²) in [6, 6.07) is 0. The van der Waals surface area contributed by atoms with Crippen LogP contribution >= 0.6 is 0 Å². The molecule has 0 bridgehead atoms. The van der Waals surface area contributed by atoms with Crippen molar-refractivity contribution < 1.29 is 13.2 Å². The minimum absolute atomic E-state index is 0.281. The Morgan fingerprint density at radius 3 is 2.80 bits per heavy atom. The van der Waals surface area contributed by atoms with Crippen LogP contribution in [0.2, 0.25) is 0 Å². The van der Waals surface area contributed by atoms with Crippen LogP contribution in [0.3, 0.4) is 0 Å². The number of sulfonamides is 1. The maximum Gasteiger partial charge on any atom is 0.245 e. The number of fused-ring (bicyclic) bond motifs is 1. The molecule has 0 aromatic carbocycles. The predicted octanol–water partition coefficient (Wildman–Crippen LogP) is -0.187. The first kappa shape index (κ1) is 14.7. The van der Waals surface area contributed by atoms with Gasteiger partial charge in [-0.05, 0) is 25.8 Å². The molecule has 1 aliphatic heterocycles. The molecule has 1 aliphatic carbocycles. The van der Waals surface area contributed by atoms with Crippen molar-refractivity contribution in [2.45, 2.75) is 38.2 Å². The first-order chi connectivity index (χ1) is 9.28. The minimum atomic E-state index is -3.57. The quantitative estimate of drug-likeness (QED) is 0.747. The summed E-state index contributed by atoms with van der Waals surface area (Å²) in [5, 5.41) is -0.550. The second-order valence-corrected chi connectivity index (χ2v) is 7.04. The van der Waals surface area contributed by atoms with E-state index in [9.17, 15) is 13.2 Å². The largest absolute Gasteiger partial charge is 0.366 e. The fourth-order valence-electron chi connectivity index (χ4n) is 2.12. The van der Waals surface area contributed by atoms with Gasteiger partial charge in [0.15, 0.2) is 6.29 Å². The Labute approximate surface area is 118 Å². The van der Waals surface area contributed by atoms with Gasteiger partial charge in [-0.15, -0.1) is 0 Å². The third-order valence-corrected chi connectivity index (χ3v) is 5.82. The van der Waals surface area contributed by atoms with Crippen molar-refractivity contribution >= 4 is 21.6 Å². The molecular formula is C12H18N4O3S. The van der Waals surface area contributed by atoms with E-state index >= 15 is 0 Å². The summed E-state index contributed by atoms with van der Waals surface area (Å²) in [6.07, 6.45) is 2.91. The first-order valence-electron chi connectivity index (χ1n) is 6.36. The van der Waals surface area contributed by atoms with Crippen LogP contribution in [0.4, 0.5) is 0 Å². The van der Waals surface area contributed by atoms with Crippen molar-refractivity contribution in [3.05, 3.63) is 23.4 Å². The third kappa shape index (κ3) is 2.25. The highest BCUT2D eigenvalue weighted by atomic mass is 32.2. The molecule has 0 radical (unpaired) electrons. The average molecular weight is 298 g/mol. The van der Waals surface area contributed by atoms with Crippen LogP contribution in [0.1, 0.15) is 26.7 Å². The molecule has 0 aromatic heterocycles. The van der Waals surface area contributed by atoms with Crippen molar-refractivity contribution in [3.63, 3.8) is 0 Å². The Kier molecular flexibility index (Phi) is 3.70. The number of amides is 1. The molecule has 1 heterocycles. The van der Waals surface area contributed by atoms with Crippen LogP contribution in [0.5, 0.6) is 0 Å². The van der Waals surface area contributed by atoms with Crippen molar-refractivity contribution in [3.8, 4) is 0 Å². The Balaban J connectivity index is 2.38. The highest BCUT2D eigenvalue weighted by Gasteiger charge is 2.40. The van der Waals surface area contributed by atoms with E-state index in [0.717, 1.165) is 4.31 Å². The van der Waals surface area contributed by atoms with Crippen LogP contribution in [0.15, 0.2) is 28.4 Å². The number of rotatable bonds is 4. The molecule has 0 fully saturated rings. The molecule has 110 valence electrons. The van der Waals surface area contributed by atoms with Gasteiger partial charge < -0.3 is 5.73 Å². The Morgan fingerprint density at radius 2 is 2.25 bits per heavy atom. The van der Waals surface area contributed by atoms with Gasteiger partial charge in [0.2, 0.25) is 15.9 Å². The van der Waals surface area contributed by atoms with Crippen molar-refractivity contribution in [2.24, 2.45) is 16.5 Å². The first-order valence-corrected chi connectivity index (χ1v) is 7.87. The maximum absolute atomic E-state index is 12.5. The minimum Gasteiger partial charge on any atom is -0.366 e. The summed E-state index contributed by atoms with van der Waals surface area (Å²) in [5.41, 5.74) is 12.2. The normalized spacial score (nSPS) is 23.6. The number of carbonyl (C=O) groups is 1. The number of hydrogen-bond donors (Lipinski definition) is 2. The monoisotopic (exact) mass is 298 g/mol. The molecule has 20 heavy (non-hydrogen) atoms. The van der Waals surface area contributed by atoms with E-state index in [0.29, 0.717) is 23.4 Å². The average Bonchev–Trinajstić information content (AvgIpc) is 2.72. The van der Waals surface area contributed by atoms with Crippen molar-refractivity contribution in [2.75, 3.05) is 0 Å². The number of allylic oxidation sites excluding steroid dienone is 2. The smallest absolute Gasteiger partial charge is 0.245 e. The molecule has 0 spiro atoms. The number of nitrogens with zero attached hydrogens (tertiary/aromatic N) is 2. The molecule has 4 N–H and O–H groups in total. The lowest BCUT2D eigenvalue weighted by Crippen LogP contribution is -2.44. The van der Waals surface area contributed by atoms with E-state index in [-0.39, 0.29) is 6.42 Å². The van der Waals surface area contributed by atoms with E-state index in [1.807, 2.05) is 0 Å². The molecule has 2 unspecified atom stereocenters. The standard InChI is InChI=1S/C12H18N4O3S/c1-3-7(2)20(18,19)16-10-5-4-8(11(13)17)6-9(10)15-12(16)14/h5-7,12H,3-4,14H2,1-2H3,(H2,13,17). The van der Waals surface area contributed by atoms with Gasteiger partial charge in [-0.2, -0.15) is 0 Å². The topological polar surface area (TPSA) is 119 Å². The molecule has 0 aromatic rings. The van der Waals surface area contributed by atoms with Gasteiger partial charge in [-0.25, -0.2) is 17.7 Å². The maximum atomic E-state index is 12.5.